The Bertz CT molecular complexity index is 724. The van der Waals surface area contributed by atoms with Crippen molar-refractivity contribution in [3.63, 3.8) is 0 Å². The first-order valence-corrected chi connectivity index (χ1v) is 9.62. The standard InChI is InChI=1S/C21H29F2N3O/c1-4-10-26-11-9-21(8-7-18(26)27)15-25(13-12-24(21)3)14-17-6-5-16(2)19(22)20(17)23/h4-6H,1,7-15H2,2-3H3/t21-/m1/s1. The molecule has 27 heavy (non-hydrogen) atoms. The summed E-state index contributed by atoms with van der Waals surface area (Å²) in [7, 11) is 2.11. The molecule has 0 bridgehead atoms. The van der Waals surface area contributed by atoms with E-state index < -0.39 is 11.6 Å². The van der Waals surface area contributed by atoms with Crippen molar-refractivity contribution < 1.29 is 13.6 Å². The second kappa shape index (κ2) is 8.07. The molecule has 2 aliphatic heterocycles. The molecular formula is C21H29F2N3O. The number of nitrogens with zero attached hydrogens (tertiary/aromatic N) is 3. The zero-order chi connectivity index (χ0) is 19.6. The molecule has 1 aromatic rings. The van der Waals surface area contributed by atoms with Crippen molar-refractivity contribution in [2.45, 2.75) is 38.3 Å². The molecule has 148 valence electrons. The molecule has 0 aliphatic carbocycles. The summed E-state index contributed by atoms with van der Waals surface area (Å²) in [6, 6.07) is 3.32. The molecule has 4 nitrogen and oxygen atoms in total. The molecule has 2 heterocycles. The van der Waals surface area contributed by atoms with Crippen LogP contribution in [0.4, 0.5) is 8.78 Å². The number of carbonyl (C=O) groups excluding carboxylic acids is 1. The van der Waals surface area contributed by atoms with Crippen LogP contribution < -0.4 is 0 Å². The van der Waals surface area contributed by atoms with E-state index in [0.717, 1.165) is 32.5 Å². The monoisotopic (exact) mass is 377 g/mol. The molecule has 1 amide bonds. The smallest absolute Gasteiger partial charge is 0.222 e. The molecule has 0 N–H and O–H groups in total. The van der Waals surface area contributed by atoms with E-state index in [1.807, 2.05) is 4.90 Å². The maximum atomic E-state index is 14.3. The number of piperazine rings is 1. The van der Waals surface area contributed by atoms with Crippen LogP contribution in [-0.4, -0.2) is 65.9 Å². The van der Waals surface area contributed by atoms with E-state index in [0.29, 0.717) is 37.2 Å². The van der Waals surface area contributed by atoms with Crippen LogP contribution in [-0.2, 0) is 11.3 Å². The number of rotatable bonds is 4. The van der Waals surface area contributed by atoms with Crippen LogP contribution in [0.1, 0.15) is 30.4 Å². The first kappa shape index (κ1) is 20.0. The molecule has 2 saturated heterocycles. The van der Waals surface area contributed by atoms with Crippen molar-refractivity contribution in [3.05, 3.63) is 47.5 Å². The number of likely N-dealkylation sites (tertiary alicyclic amines) is 1. The van der Waals surface area contributed by atoms with Gasteiger partial charge in [-0.1, -0.05) is 18.2 Å². The van der Waals surface area contributed by atoms with Gasteiger partial charge in [0, 0.05) is 56.8 Å². The highest BCUT2D eigenvalue weighted by Gasteiger charge is 2.42. The SMILES string of the molecule is C=CCN1CC[C@]2(CCC1=O)CN(Cc1ccc(C)c(F)c1F)CCN2C. The largest absolute Gasteiger partial charge is 0.339 e. The van der Waals surface area contributed by atoms with E-state index in [1.165, 1.54) is 0 Å². The number of halogens is 2. The zero-order valence-corrected chi connectivity index (χ0v) is 16.3. The number of hydrogen-bond donors (Lipinski definition) is 0. The van der Waals surface area contributed by atoms with Gasteiger partial charge in [0.25, 0.3) is 0 Å². The van der Waals surface area contributed by atoms with Crippen molar-refractivity contribution >= 4 is 5.91 Å². The molecule has 2 fully saturated rings. The Labute approximate surface area is 160 Å². The summed E-state index contributed by atoms with van der Waals surface area (Å²) in [5.41, 5.74) is 0.621. The van der Waals surface area contributed by atoms with Gasteiger partial charge in [0.05, 0.1) is 0 Å². The van der Waals surface area contributed by atoms with Crippen molar-refractivity contribution in [1.29, 1.82) is 0 Å². The van der Waals surface area contributed by atoms with Crippen molar-refractivity contribution in [3.8, 4) is 0 Å². The summed E-state index contributed by atoms with van der Waals surface area (Å²) in [5.74, 6) is -1.32. The lowest BCUT2D eigenvalue weighted by molar-refractivity contribution is -0.130. The molecule has 0 saturated carbocycles. The third kappa shape index (κ3) is 4.06. The zero-order valence-electron chi connectivity index (χ0n) is 16.3. The lowest BCUT2D eigenvalue weighted by atomic mass is 9.86. The molecule has 1 aromatic carbocycles. The van der Waals surface area contributed by atoms with Crippen LogP contribution in [0.2, 0.25) is 0 Å². The van der Waals surface area contributed by atoms with Crippen LogP contribution in [0.25, 0.3) is 0 Å². The number of benzene rings is 1. The number of aryl methyl sites for hydroxylation is 1. The Morgan fingerprint density at radius 2 is 1.96 bits per heavy atom. The Morgan fingerprint density at radius 3 is 2.70 bits per heavy atom. The fraction of sp³-hybridized carbons (Fsp3) is 0.571. The molecule has 0 radical (unpaired) electrons. The summed E-state index contributed by atoms with van der Waals surface area (Å²) < 4.78 is 28.2. The summed E-state index contributed by atoms with van der Waals surface area (Å²) >= 11 is 0. The van der Waals surface area contributed by atoms with Gasteiger partial charge in [-0.05, 0) is 32.4 Å². The number of carbonyl (C=O) groups is 1. The van der Waals surface area contributed by atoms with Crippen molar-refractivity contribution in [2.75, 3.05) is 39.8 Å². The molecule has 1 atom stereocenters. The average Bonchev–Trinajstić information content (AvgIpc) is 2.80. The van der Waals surface area contributed by atoms with Crippen LogP contribution in [0.5, 0.6) is 0 Å². The Hall–Kier alpha value is -1.79. The fourth-order valence-electron chi connectivity index (χ4n) is 4.31. The number of amides is 1. The normalized spacial score (nSPS) is 25.0. The second-order valence-corrected chi connectivity index (χ2v) is 7.90. The summed E-state index contributed by atoms with van der Waals surface area (Å²) in [6.45, 7) is 9.40. The van der Waals surface area contributed by atoms with Crippen LogP contribution in [0.15, 0.2) is 24.8 Å². The molecular weight excluding hydrogens is 348 g/mol. The van der Waals surface area contributed by atoms with Crippen LogP contribution in [0.3, 0.4) is 0 Å². The minimum Gasteiger partial charge on any atom is -0.339 e. The highest BCUT2D eigenvalue weighted by atomic mass is 19.2. The van der Waals surface area contributed by atoms with Gasteiger partial charge in [-0.3, -0.25) is 14.6 Å². The second-order valence-electron chi connectivity index (χ2n) is 7.90. The molecule has 3 rings (SSSR count). The number of hydrogen-bond acceptors (Lipinski definition) is 3. The Kier molecular flexibility index (Phi) is 5.96. The minimum absolute atomic E-state index is 0.108. The van der Waals surface area contributed by atoms with E-state index in [9.17, 15) is 13.6 Å². The molecule has 0 aromatic heterocycles. The van der Waals surface area contributed by atoms with E-state index in [1.54, 1.807) is 25.1 Å². The molecule has 2 aliphatic rings. The van der Waals surface area contributed by atoms with Crippen molar-refractivity contribution in [2.24, 2.45) is 0 Å². The van der Waals surface area contributed by atoms with E-state index in [4.69, 9.17) is 0 Å². The first-order chi connectivity index (χ1) is 12.9. The minimum atomic E-state index is -0.753. The fourth-order valence-corrected chi connectivity index (χ4v) is 4.31. The maximum absolute atomic E-state index is 14.3. The Morgan fingerprint density at radius 1 is 1.19 bits per heavy atom. The third-order valence-electron chi connectivity index (χ3n) is 6.18. The van der Waals surface area contributed by atoms with Gasteiger partial charge in [0.15, 0.2) is 11.6 Å². The van der Waals surface area contributed by atoms with Gasteiger partial charge < -0.3 is 4.90 Å². The van der Waals surface area contributed by atoms with Gasteiger partial charge in [0.2, 0.25) is 5.91 Å². The number of likely N-dealkylation sites (N-methyl/N-ethyl adjacent to an activating group) is 1. The maximum Gasteiger partial charge on any atom is 0.222 e. The van der Waals surface area contributed by atoms with Gasteiger partial charge >= 0.3 is 0 Å². The summed E-state index contributed by atoms with van der Waals surface area (Å²) in [5, 5.41) is 0. The molecule has 6 heteroatoms. The van der Waals surface area contributed by atoms with Crippen LogP contribution in [0, 0.1) is 18.6 Å². The molecule has 0 unspecified atom stereocenters. The molecule has 1 spiro atoms. The lowest BCUT2D eigenvalue weighted by Gasteiger charge is -2.49. The predicted octanol–water partition coefficient (Wildman–Crippen LogP) is 2.96. The van der Waals surface area contributed by atoms with Gasteiger partial charge in [-0.2, -0.15) is 0 Å². The topological polar surface area (TPSA) is 26.8 Å². The summed E-state index contributed by atoms with van der Waals surface area (Å²) in [6.07, 6.45) is 3.95. The first-order valence-electron chi connectivity index (χ1n) is 9.62. The Balaban J connectivity index is 1.75. The van der Waals surface area contributed by atoms with Gasteiger partial charge in [-0.15, -0.1) is 6.58 Å². The van der Waals surface area contributed by atoms with E-state index in [2.05, 4.69) is 23.4 Å². The van der Waals surface area contributed by atoms with Gasteiger partial charge in [-0.25, -0.2) is 8.78 Å². The highest BCUT2D eigenvalue weighted by molar-refractivity contribution is 5.76. The third-order valence-corrected chi connectivity index (χ3v) is 6.18. The lowest BCUT2D eigenvalue weighted by Crippen LogP contribution is -2.60. The van der Waals surface area contributed by atoms with Crippen molar-refractivity contribution in [1.82, 2.24) is 14.7 Å². The van der Waals surface area contributed by atoms with Gasteiger partial charge in [0.1, 0.15) is 0 Å². The quantitative estimate of drug-likeness (QED) is 0.755. The van der Waals surface area contributed by atoms with E-state index >= 15 is 0 Å². The summed E-state index contributed by atoms with van der Waals surface area (Å²) in [4.78, 5) is 18.8. The average molecular weight is 377 g/mol. The van der Waals surface area contributed by atoms with Crippen LogP contribution >= 0.6 is 0 Å². The van der Waals surface area contributed by atoms with E-state index in [-0.39, 0.29) is 11.4 Å². The highest BCUT2D eigenvalue weighted by Crippen LogP contribution is 2.33. The predicted molar refractivity (Wildman–Crippen MR) is 102 cm³/mol.